The molecular weight excluding hydrogens is 369 g/mol. The Balaban J connectivity index is 1.55. The van der Waals surface area contributed by atoms with E-state index in [0.717, 1.165) is 16.7 Å². The highest BCUT2D eigenvalue weighted by atomic mass is 19.1. The highest BCUT2D eigenvalue weighted by molar-refractivity contribution is 5.99. The maximum atomic E-state index is 12.9. The van der Waals surface area contributed by atoms with Crippen LogP contribution in [0, 0.1) is 12.7 Å². The van der Waals surface area contributed by atoms with Crippen LogP contribution in [0.15, 0.2) is 67.0 Å². The Labute approximate surface area is 169 Å². The Morgan fingerprint density at radius 3 is 2.28 bits per heavy atom. The Bertz CT molecular complexity index is 1000. The third-order valence-electron chi connectivity index (χ3n) is 4.58. The molecule has 0 atom stereocenters. The largest absolute Gasteiger partial charge is 0.352 e. The summed E-state index contributed by atoms with van der Waals surface area (Å²) in [5, 5.41) is 5.64. The lowest BCUT2D eigenvalue weighted by Crippen LogP contribution is -2.27. The highest BCUT2D eigenvalue weighted by Gasteiger charge is 2.11. The molecule has 2 amide bonds. The van der Waals surface area contributed by atoms with Crippen LogP contribution in [-0.2, 0) is 13.0 Å². The first-order valence-electron chi connectivity index (χ1n) is 9.33. The van der Waals surface area contributed by atoms with Gasteiger partial charge in [-0.25, -0.2) is 4.39 Å². The molecule has 29 heavy (non-hydrogen) atoms. The van der Waals surface area contributed by atoms with E-state index in [2.05, 4.69) is 15.6 Å². The minimum Gasteiger partial charge on any atom is -0.352 e. The Morgan fingerprint density at radius 1 is 0.931 bits per heavy atom. The summed E-state index contributed by atoms with van der Waals surface area (Å²) in [7, 11) is 0. The van der Waals surface area contributed by atoms with E-state index in [4.69, 9.17) is 0 Å². The van der Waals surface area contributed by atoms with Crippen LogP contribution in [-0.4, -0.2) is 23.3 Å². The van der Waals surface area contributed by atoms with Crippen molar-refractivity contribution in [2.24, 2.45) is 0 Å². The molecule has 0 aliphatic heterocycles. The molecule has 0 fully saturated rings. The molecule has 0 aliphatic rings. The van der Waals surface area contributed by atoms with Gasteiger partial charge in [0, 0.05) is 25.5 Å². The molecule has 1 heterocycles. The number of benzene rings is 2. The molecule has 0 spiro atoms. The zero-order valence-corrected chi connectivity index (χ0v) is 16.1. The van der Waals surface area contributed by atoms with Gasteiger partial charge in [-0.2, -0.15) is 0 Å². The van der Waals surface area contributed by atoms with Gasteiger partial charge in [0.25, 0.3) is 11.8 Å². The molecule has 1 aromatic heterocycles. The van der Waals surface area contributed by atoms with Gasteiger partial charge in [0.1, 0.15) is 5.82 Å². The highest BCUT2D eigenvalue weighted by Crippen LogP contribution is 2.08. The lowest BCUT2D eigenvalue weighted by Gasteiger charge is -2.09. The molecule has 2 N–H and O–H groups in total. The number of hydrogen-bond donors (Lipinski definition) is 2. The predicted molar refractivity (Wildman–Crippen MR) is 109 cm³/mol. The number of carbonyl (C=O) groups is 2. The van der Waals surface area contributed by atoms with E-state index in [1.807, 2.05) is 31.2 Å². The van der Waals surface area contributed by atoms with Gasteiger partial charge in [0.15, 0.2) is 0 Å². The number of pyridine rings is 1. The van der Waals surface area contributed by atoms with Gasteiger partial charge in [0.2, 0.25) is 0 Å². The number of aryl methyl sites for hydroxylation is 1. The lowest BCUT2D eigenvalue weighted by atomic mass is 10.1. The molecule has 3 rings (SSSR count). The molecule has 3 aromatic rings. The number of carbonyl (C=O) groups excluding carboxylic acids is 2. The van der Waals surface area contributed by atoms with Gasteiger partial charge < -0.3 is 10.6 Å². The molecule has 148 valence electrons. The molecule has 0 saturated heterocycles. The number of halogens is 1. The number of aromatic nitrogens is 1. The van der Waals surface area contributed by atoms with Gasteiger partial charge in [-0.3, -0.25) is 14.6 Å². The second-order valence-electron chi connectivity index (χ2n) is 6.70. The van der Waals surface area contributed by atoms with Crippen LogP contribution in [0.1, 0.15) is 37.4 Å². The minimum atomic E-state index is -0.312. The summed E-state index contributed by atoms with van der Waals surface area (Å²) in [6.45, 7) is 2.79. The van der Waals surface area contributed by atoms with Gasteiger partial charge in [-0.1, -0.05) is 36.4 Å². The number of nitrogens with one attached hydrogen (secondary N) is 2. The lowest BCUT2D eigenvalue weighted by molar-refractivity contribution is 0.0950. The van der Waals surface area contributed by atoms with Crippen LogP contribution in [0.5, 0.6) is 0 Å². The second kappa shape index (κ2) is 9.59. The van der Waals surface area contributed by atoms with E-state index >= 15 is 0 Å². The fourth-order valence-electron chi connectivity index (χ4n) is 2.85. The second-order valence-corrected chi connectivity index (χ2v) is 6.70. The molecular formula is C23H22FN3O2. The van der Waals surface area contributed by atoms with E-state index in [1.165, 1.54) is 30.6 Å². The standard InChI is InChI=1S/C23H22FN3O2/c1-16-4-2-3-5-18(16)15-27-23(29)20-12-19(13-25-14-20)22(28)26-11-10-17-6-8-21(24)9-7-17/h2-9,12-14H,10-11,15H2,1H3,(H,26,28)(H,27,29). The van der Waals surface area contributed by atoms with Crippen molar-refractivity contribution in [3.05, 3.63) is 101 Å². The first-order valence-corrected chi connectivity index (χ1v) is 9.33. The van der Waals surface area contributed by atoms with Crippen molar-refractivity contribution in [3.8, 4) is 0 Å². The van der Waals surface area contributed by atoms with Crippen LogP contribution < -0.4 is 10.6 Å². The zero-order valence-electron chi connectivity index (χ0n) is 16.1. The van der Waals surface area contributed by atoms with E-state index in [-0.39, 0.29) is 17.6 Å². The molecule has 0 radical (unpaired) electrons. The normalized spacial score (nSPS) is 10.4. The fraction of sp³-hybridized carbons (Fsp3) is 0.174. The van der Waals surface area contributed by atoms with Crippen molar-refractivity contribution in [1.82, 2.24) is 15.6 Å². The summed E-state index contributed by atoms with van der Waals surface area (Å²) < 4.78 is 12.9. The third kappa shape index (κ3) is 5.72. The van der Waals surface area contributed by atoms with E-state index in [0.29, 0.717) is 30.6 Å². The molecule has 0 aliphatic carbocycles. The zero-order chi connectivity index (χ0) is 20.6. The van der Waals surface area contributed by atoms with Crippen LogP contribution in [0.3, 0.4) is 0 Å². The summed E-state index contributed by atoms with van der Waals surface area (Å²) in [5.41, 5.74) is 3.69. The molecule has 0 bridgehead atoms. The summed E-state index contributed by atoms with van der Waals surface area (Å²) in [5.74, 6) is -0.892. The van der Waals surface area contributed by atoms with Crippen LogP contribution in [0.4, 0.5) is 4.39 Å². The first-order chi connectivity index (χ1) is 14.0. The van der Waals surface area contributed by atoms with Crippen LogP contribution in [0.25, 0.3) is 0 Å². The fourth-order valence-corrected chi connectivity index (χ4v) is 2.85. The SMILES string of the molecule is Cc1ccccc1CNC(=O)c1cncc(C(=O)NCCc2ccc(F)cc2)c1. The molecule has 6 heteroatoms. The van der Waals surface area contributed by atoms with Gasteiger partial charge in [0.05, 0.1) is 11.1 Å². The molecule has 0 unspecified atom stereocenters. The smallest absolute Gasteiger partial charge is 0.253 e. The maximum Gasteiger partial charge on any atom is 0.253 e. The number of rotatable bonds is 7. The van der Waals surface area contributed by atoms with Crippen molar-refractivity contribution in [1.29, 1.82) is 0 Å². The van der Waals surface area contributed by atoms with E-state index < -0.39 is 0 Å². The summed E-state index contributed by atoms with van der Waals surface area (Å²) in [4.78, 5) is 28.8. The quantitative estimate of drug-likeness (QED) is 0.648. The number of nitrogens with zero attached hydrogens (tertiary/aromatic N) is 1. The van der Waals surface area contributed by atoms with Crippen molar-refractivity contribution in [3.63, 3.8) is 0 Å². The molecule has 2 aromatic carbocycles. The van der Waals surface area contributed by atoms with Crippen LogP contribution in [0.2, 0.25) is 0 Å². The third-order valence-corrected chi connectivity index (χ3v) is 4.58. The average molecular weight is 391 g/mol. The Morgan fingerprint density at radius 2 is 1.59 bits per heavy atom. The van der Waals surface area contributed by atoms with Gasteiger partial charge in [-0.15, -0.1) is 0 Å². The van der Waals surface area contributed by atoms with Gasteiger partial charge in [-0.05, 0) is 48.2 Å². The molecule has 0 saturated carbocycles. The topological polar surface area (TPSA) is 71.1 Å². The minimum absolute atomic E-state index is 0.290. The average Bonchev–Trinajstić information content (AvgIpc) is 2.74. The Hall–Kier alpha value is -3.54. The van der Waals surface area contributed by atoms with Crippen molar-refractivity contribution >= 4 is 11.8 Å². The van der Waals surface area contributed by atoms with Crippen molar-refractivity contribution in [2.45, 2.75) is 19.9 Å². The number of hydrogen-bond acceptors (Lipinski definition) is 3. The van der Waals surface area contributed by atoms with Crippen LogP contribution >= 0.6 is 0 Å². The molecule has 5 nitrogen and oxygen atoms in total. The summed E-state index contributed by atoms with van der Waals surface area (Å²) in [6.07, 6.45) is 3.43. The summed E-state index contributed by atoms with van der Waals surface area (Å²) in [6, 6.07) is 15.5. The monoisotopic (exact) mass is 391 g/mol. The Kier molecular flexibility index (Phi) is 6.68. The first kappa shape index (κ1) is 20.2. The van der Waals surface area contributed by atoms with Crippen molar-refractivity contribution in [2.75, 3.05) is 6.54 Å². The van der Waals surface area contributed by atoms with E-state index in [1.54, 1.807) is 12.1 Å². The van der Waals surface area contributed by atoms with Crippen molar-refractivity contribution < 1.29 is 14.0 Å². The number of amides is 2. The van der Waals surface area contributed by atoms with Gasteiger partial charge >= 0.3 is 0 Å². The predicted octanol–water partition coefficient (Wildman–Crippen LogP) is 3.43. The maximum absolute atomic E-state index is 12.9. The summed E-state index contributed by atoms with van der Waals surface area (Å²) >= 11 is 0. The van der Waals surface area contributed by atoms with E-state index in [9.17, 15) is 14.0 Å².